The number of carbonyl (C=O) groups is 1. The molecule has 0 fully saturated rings. The van der Waals surface area contributed by atoms with E-state index in [9.17, 15) is 9.59 Å². The van der Waals surface area contributed by atoms with Gasteiger partial charge in [0, 0.05) is 23.2 Å². The molecular weight excluding hydrogens is 324 g/mol. The molecule has 0 aliphatic rings. The highest BCUT2D eigenvalue weighted by Crippen LogP contribution is 2.22. The summed E-state index contributed by atoms with van der Waals surface area (Å²) >= 11 is 0. The van der Waals surface area contributed by atoms with Crippen LogP contribution in [-0.2, 0) is 11.3 Å². The van der Waals surface area contributed by atoms with Crippen molar-refractivity contribution < 1.29 is 4.79 Å². The molecule has 1 heterocycles. The minimum absolute atomic E-state index is 0.0308. The van der Waals surface area contributed by atoms with Crippen molar-refractivity contribution in [3.05, 3.63) is 75.6 Å². The van der Waals surface area contributed by atoms with Crippen molar-refractivity contribution >= 4 is 22.5 Å². The number of aromatic nitrogens is 1. The Morgan fingerprint density at radius 3 is 2.54 bits per heavy atom. The van der Waals surface area contributed by atoms with E-state index in [4.69, 9.17) is 0 Å². The van der Waals surface area contributed by atoms with Crippen molar-refractivity contribution in [2.45, 2.75) is 40.2 Å². The molecule has 26 heavy (non-hydrogen) atoms. The maximum Gasteiger partial charge on any atom is 0.253 e. The van der Waals surface area contributed by atoms with Gasteiger partial charge in [0.25, 0.3) is 5.56 Å². The van der Waals surface area contributed by atoms with Crippen LogP contribution in [0.4, 0.5) is 5.69 Å². The largest absolute Gasteiger partial charge is 0.322 e. The van der Waals surface area contributed by atoms with Gasteiger partial charge in [0.05, 0.1) is 6.54 Å². The fraction of sp³-hybridized carbons (Fsp3) is 0.273. The number of nitrogens with one attached hydrogen (secondary N) is 1. The fourth-order valence-electron chi connectivity index (χ4n) is 3.05. The molecule has 0 unspecified atom stereocenters. The van der Waals surface area contributed by atoms with Gasteiger partial charge in [0.1, 0.15) is 0 Å². The molecule has 0 radical (unpaired) electrons. The molecular formula is C22H24N2O2. The fourth-order valence-corrected chi connectivity index (χ4v) is 3.05. The smallest absolute Gasteiger partial charge is 0.253 e. The van der Waals surface area contributed by atoms with E-state index in [2.05, 4.69) is 4.98 Å². The second-order valence-corrected chi connectivity index (χ2v) is 6.71. The van der Waals surface area contributed by atoms with Gasteiger partial charge in [0.15, 0.2) is 0 Å². The third-order valence-electron chi connectivity index (χ3n) is 4.73. The number of nitrogens with zero attached hydrogens (tertiary/aromatic N) is 1. The van der Waals surface area contributed by atoms with Crippen molar-refractivity contribution in [1.82, 2.24) is 4.98 Å². The van der Waals surface area contributed by atoms with Gasteiger partial charge in [-0.1, -0.05) is 31.2 Å². The second-order valence-electron chi connectivity index (χ2n) is 6.71. The molecule has 0 aliphatic heterocycles. The van der Waals surface area contributed by atoms with Gasteiger partial charge < -0.3 is 9.88 Å². The van der Waals surface area contributed by atoms with Crippen LogP contribution in [-0.4, -0.2) is 10.9 Å². The number of hydrogen-bond acceptors (Lipinski definition) is 2. The Labute approximate surface area is 153 Å². The summed E-state index contributed by atoms with van der Waals surface area (Å²) in [6.45, 7) is 6.33. The number of rotatable bonds is 5. The average Bonchev–Trinajstić information content (AvgIpc) is 2.62. The summed E-state index contributed by atoms with van der Waals surface area (Å²) in [6.07, 6.45) is 1.23. The van der Waals surface area contributed by atoms with E-state index in [0.717, 1.165) is 28.6 Å². The molecule has 0 atom stereocenters. The number of para-hydroxylation sites is 1. The molecule has 4 heteroatoms. The van der Waals surface area contributed by atoms with Crippen LogP contribution in [0.15, 0.2) is 53.3 Å². The van der Waals surface area contributed by atoms with Crippen LogP contribution in [0.1, 0.15) is 36.5 Å². The summed E-state index contributed by atoms with van der Waals surface area (Å²) in [7, 11) is 0. The molecule has 3 rings (SSSR count). The van der Waals surface area contributed by atoms with Crippen molar-refractivity contribution in [2.75, 3.05) is 4.90 Å². The van der Waals surface area contributed by atoms with Crippen molar-refractivity contribution in [2.24, 2.45) is 0 Å². The van der Waals surface area contributed by atoms with E-state index < -0.39 is 0 Å². The maximum atomic E-state index is 12.7. The molecule has 2 aromatic carbocycles. The minimum Gasteiger partial charge on any atom is -0.322 e. The van der Waals surface area contributed by atoms with Crippen LogP contribution >= 0.6 is 0 Å². The maximum absolute atomic E-state index is 12.7. The number of fused-ring (bicyclic) bond motifs is 1. The summed E-state index contributed by atoms with van der Waals surface area (Å²) in [5, 5.41) is 0.963. The number of amides is 1. The molecule has 1 amide bonds. The lowest BCUT2D eigenvalue weighted by atomic mass is 10.1. The summed E-state index contributed by atoms with van der Waals surface area (Å²) in [5.74, 6) is 0.0308. The summed E-state index contributed by atoms with van der Waals surface area (Å²) < 4.78 is 0. The minimum atomic E-state index is -0.151. The van der Waals surface area contributed by atoms with Crippen molar-refractivity contribution in [3.63, 3.8) is 0 Å². The van der Waals surface area contributed by atoms with E-state index in [1.165, 1.54) is 5.56 Å². The first-order valence-electron chi connectivity index (χ1n) is 8.98. The molecule has 0 spiro atoms. The third kappa shape index (κ3) is 3.69. The Bertz CT molecular complexity index is 1000. The molecule has 1 aromatic heterocycles. The number of H-pyrrole nitrogens is 1. The predicted molar refractivity (Wildman–Crippen MR) is 107 cm³/mol. The van der Waals surface area contributed by atoms with E-state index in [1.54, 1.807) is 4.90 Å². The first-order valence-corrected chi connectivity index (χ1v) is 8.98. The highest BCUT2D eigenvalue weighted by molar-refractivity contribution is 5.93. The number of benzene rings is 2. The standard InChI is InChI=1S/C22H24N2O2/c1-4-7-21(25)24(19-11-10-15(2)16(3)12-19)14-18-13-17-8-5-6-9-20(17)23-22(18)26/h5-6,8-13H,4,7,14H2,1-3H3,(H,23,26). The van der Waals surface area contributed by atoms with Gasteiger partial charge in [-0.3, -0.25) is 9.59 Å². The van der Waals surface area contributed by atoms with Crippen molar-refractivity contribution in [1.29, 1.82) is 0 Å². The first kappa shape index (κ1) is 17.9. The normalized spacial score (nSPS) is 10.9. The van der Waals surface area contributed by atoms with E-state index in [-0.39, 0.29) is 18.0 Å². The highest BCUT2D eigenvalue weighted by atomic mass is 16.2. The van der Waals surface area contributed by atoms with Crippen LogP contribution in [0.2, 0.25) is 0 Å². The lowest BCUT2D eigenvalue weighted by Crippen LogP contribution is -2.32. The van der Waals surface area contributed by atoms with E-state index in [1.807, 2.05) is 69.3 Å². The topological polar surface area (TPSA) is 53.2 Å². The van der Waals surface area contributed by atoms with Gasteiger partial charge >= 0.3 is 0 Å². The second kappa shape index (κ2) is 7.56. The number of aryl methyl sites for hydroxylation is 2. The molecule has 0 saturated carbocycles. The number of anilines is 1. The van der Waals surface area contributed by atoms with Crippen LogP contribution in [0.5, 0.6) is 0 Å². The molecule has 4 nitrogen and oxygen atoms in total. The number of carbonyl (C=O) groups excluding carboxylic acids is 1. The molecule has 0 saturated heterocycles. The zero-order valence-electron chi connectivity index (χ0n) is 15.5. The summed E-state index contributed by atoms with van der Waals surface area (Å²) in [5.41, 5.74) is 4.38. The molecule has 0 bridgehead atoms. The lowest BCUT2D eigenvalue weighted by molar-refractivity contribution is -0.118. The summed E-state index contributed by atoms with van der Waals surface area (Å²) in [6, 6.07) is 15.5. The first-order chi connectivity index (χ1) is 12.5. The third-order valence-corrected chi connectivity index (χ3v) is 4.73. The number of aromatic amines is 1. The molecule has 1 N–H and O–H groups in total. The summed E-state index contributed by atoms with van der Waals surface area (Å²) in [4.78, 5) is 29.9. The van der Waals surface area contributed by atoms with Gasteiger partial charge in [0.2, 0.25) is 5.91 Å². The molecule has 0 aliphatic carbocycles. The lowest BCUT2D eigenvalue weighted by Gasteiger charge is -2.23. The highest BCUT2D eigenvalue weighted by Gasteiger charge is 2.18. The average molecular weight is 348 g/mol. The van der Waals surface area contributed by atoms with Gasteiger partial charge in [-0.25, -0.2) is 0 Å². The van der Waals surface area contributed by atoms with Crippen LogP contribution in [0, 0.1) is 13.8 Å². The van der Waals surface area contributed by atoms with Gasteiger partial charge in [-0.05, 0) is 61.0 Å². The van der Waals surface area contributed by atoms with Crippen molar-refractivity contribution in [3.8, 4) is 0 Å². The zero-order valence-corrected chi connectivity index (χ0v) is 15.5. The zero-order chi connectivity index (χ0) is 18.7. The monoisotopic (exact) mass is 348 g/mol. The SMILES string of the molecule is CCCC(=O)N(Cc1cc2ccccc2[nH]c1=O)c1ccc(C)c(C)c1. The van der Waals surface area contributed by atoms with Crippen LogP contribution in [0.3, 0.4) is 0 Å². The van der Waals surface area contributed by atoms with Crippen LogP contribution in [0.25, 0.3) is 10.9 Å². The molecule has 134 valence electrons. The Morgan fingerprint density at radius 2 is 1.81 bits per heavy atom. The van der Waals surface area contributed by atoms with Crippen LogP contribution < -0.4 is 10.5 Å². The number of pyridine rings is 1. The Balaban J connectivity index is 2.02. The Kier molecular flexibility index (Phi) is 5.21. The quantitative estimate of drug-likeness (QED) is 0.739. The van der Waals surface area contributed by atoms with Gasteiger partial charge in [-0.2, -0.15) is 0 Å². The van der Waals surface area contributed by atoms with Gasteiger partial charge in [-0.15, -0.1) is 0 Å². The van der Waals surface area contributed by atoms with E-state index in [0.29, 0.717) is 12.0 Å². The molecule has 3 aromatic rings. The van der Waals surface area contributed by atoms with E-state index >= 15 is 0 Å². The Hall–Kier alpha value is -2.88. The Morgan fingerprint density at radius 1 is 1.04 bits per heavy atom. The number of hydrogen-bond donors (Lipinski definition) is 1. The predicted octanol–water partition coefficient (Wildman–Crippen LogP) is 4.48.